The third kappa shape index (κ3) is 3.43. The third-order valence-electron chi connectivity index (χ3n) is 9.70. The highest BCUT2D eigenvalue weighted by atomic mass is 32.1. The van der Waals surface area contributed by atoms with Crippen LogP contribution in [0.1, 0.15) is 0 Å². The molecule has 0 aliphatic carbocycles. The number of aromatic hydroxyl groups is 1. The molecule has 1 N–H and O–H groups in total. The Bertz CT molecular complexity index is 3150. The fourth-order valence-corrected chi connectivity index (χ4v) is 10.2. The average Bonchev–Trinajstić information content (AvgIpc) is 3.81. The van der Waals surface area contributed by atoms with Crippen molar-refractivity contribution in [1.82, 2.24) is 14.5 Å². The third-order valence-corrected chi connectivity index (χ3v) is 12.1. The van der Waals surface area contributed by atoms with Crippen LogP contribution < -0.4 is 0 Å². The summed E-state index contributed by atoms with van der Waals surface area (Å²) >= 11 is 3.59. The topological polar surface area (TPSA) is 50.9 Å². The molecule has 11 rings (SSSR count). The number of phenols is 1. The molecule has 11 aromatic rings. The standard InChI is InChI=1S/C42H23N3OS2/c46-32-20-10-18-30-37(32)38(29-17-9-16-26-23-11-4-7-21-33(23)47-40(26)29)44-42(43-30)45-31-19-6-3-14-27(31)35-24-12-1-2-13-25(24)36-28-15-5-8-22-34(28)48-41(36)39(35)45/h1-22,46H. The number of aromatic nitrogens is 3. The van der Waals surface area contributed by atoms with E-state index in [1.807, 2.05) is 23.5 Å². The maximum Gasteiger partial charge on any atom is 0.235 e. The monoisotopic (exact) mass is 649 g/mol. The average molecular weight is 650 g/mol. The molecule has 0 unspecified atom stereocenters. The van der Waals surface area contributed by atoms with E-state index < -0.39 is 0 Å². The largest absolute Gasteiger partial charge is 0.507 e. The van der Waals surface area contributed by atoms with Crippen LogP contribution in [0.3, 0.4) is 0 Å². The van der Waals surface area contributed by atoms with Gasteiger partial charge in [0.1, 0.15) is 5.75 Å². The first-order chi connectivity index (χ1) is 23.7. The van der Waals surface area contributed by atoms with Crippen LogP contribution in [0.2, 0.25) is 0 Å². The molecule has 0 amide bonds. The van der Waals surface area contributed by atoms with Crippen LogP contribution >= 0.6 is 22.7 Å². The van der Waals surface area contributed by atoms with Gasteiger partial charge in [-0.2, -0.15) is 0 Å². The molecule has 4 aromatic heterocycles. The van der Waals surface area contributed by atoms with Gasteiger partial charge in [0.15, 0.2) is 0 Å². The van der Waals surface area contributed by atoms with E-state index in [1.165, 1.54) is 51.8 Å². The normalized spacial score (nSPS) is 12.2. The fraction of sp³-hybridized carbons (Fsp3) is 0. The SMILES string of the molecule is Oc1cccc2nc(-n3c4ccccc4c4c5ccccc5c5c6ccccc6sc5c43)nc(-c3cccc4c3sc3ccccc34)c12. The first kappa shape index (κ1) is 26.3. The van der Waals surface area contributed by atoms with Crippen LogP contribution in [0.5, 0.6) is 5.75 Å². The Morgan fingerprint density at radius 1 is 0.479 bits per heavy atom. The first-order valence-corrected chi connectivity index (χ1v) is 17.5. The zero-order chi connectivity index (χ0) is 31.5. The minimum absolute atomic E-state index is 0.173. The van der Waals surface area contributed by atoms with E-state index in [0.717, 1.165) is 32.4 Å². The quantitative estimate of drug-likeness (QED) is 0.203. The molecule has 224 valence electrons. The Balaban J connectivity index is 1.35. The predicted octanol–water partition coefficient (Wildman–Crippen LogP) is 12.0. The molecule has 0 spiro atoms. The summed E-state index contributed by atoms with van der Waals surface area (Å²) in [6, 6.07) is 46.5. The summed E-state index contributed by atoms with van der Waals surface area (Å²) in [6.45, 7) is 0. The molecule has 0 aliphatic heterocycles. The summed E-state index contributed by atoms with van der Waals surface area (Å²) < 4.78 is 7.10. The molecule has 4 nitrogen and oxygen atoms in total. The van der Waals surface area contributed by atoms with Crippen LogP contribution in [-0.4, -0.2) is 19.6 Å². The zero-order valence-electron chi connectivity index (χ0n) is 25.3. The molecule has 0 atom stereocenters. The van der Waals surface area contributed by atoms with E-state index in [0.29, 0.717) is 16.9 Å². The van der Waals surface area contributed by atoms with Gasteiger partial charge in [-0.1, -0.05) is 103 Å². The lowest BCUT2D eigenvalue weighted by Gasteiger charge is -2.14. The van der Waals surface area contributed by atoms with E-state index in [2.05, 4.69) is 120 Å². The molecular formula is C42H23N3OS2. The molecule has 0 saturated heterocycles. The highest BCUT2D eigenvalue weighted by Crippen LogP contribution is 2.48. The number of thiophene rings is 2. The van der Waals surface area contributed by atoms with Gasteiger partial charge < -0.3 is 5.11 Å². The number of hydrogen-bond acceptors (Lipinski definition) is 5. The second kappa shape index (κ2) is 9.61. The van der Waals surface area contributed by atoms with E-state index in [9.17, 15) is 5.11 Å². The molecular weight excluding hydrogens is 627 g/mol. The lowest BCUT2D eigenvalue weighted by molar-refractivity contribution is 0.481. The molecule has 0 saturated carbocycles. The summed E-state index contributed by atoms with van der Waals surface area (Å²) in [5.41, 5.74) is 4.57. The Kier molecular flexibility index (Phi) is 5.26. The molecule has 0 bridgehead atoms. The van der Waals surface area contributed by atoms with Gasteiger partial charge >= 0.3 is 0 Å². The maximum atomic E-state index is 11.3. The first-order valence-electron chi connectivity index (χ1n) is 15.9. The van der Waals surface area contributed by atoms with Crippen molar-refractivity contribution in [1.29, 1.82) is 0 Å². The van der Waals surface area contributed by atoms with Crippen LogP contribution in [0.15, 0.2) is 133 Å². The summed E-state index contributed by atoms with van der Waals surface area (Å²) in [5, 5.41) is 21.8. The molecule has 48 heavy (non-hydrogen) atoms. The van der Waals surface area contributed by atoms with E-state index in [1.54, 1.807) is 17.4 Å². The van der Waals surface area contributed by atoms with Crippen molar-refractivity contribution in [2.24, 2.45) is 0 Å². The number of phenolic OH excluding ortho intramolecular Hbond substituents is 1. The lowest BCUT2D eigenvalue weighted by atomic mass is 9.99. The van der Waals surface area contributed by atoms with Crippen LogP contribution in [0, 0.1) is 0 Å². The smallest absolute Gasteiger partial charge is 0.235 e. The number of rotatable bonds is 2. The van der Waals surface area contributed by atoms with Crippen LogP contribution in [0.4, 0.5) is 0 Å². The van der Waals surface area contributed by atoms with E-state index in [-0.39, 0.29) is 5.75 Å². The maximum absolute atomic E-state index is 11.3. The van der Waals surface area contributed by atoms with Crippen LogP contribution in [-0.2, 0) is 0 Å². The molecule has 6 heteroatoms. The summed E-state index contributed by atoms with van der Waals surface area (Å²) in [4.78, 5) is 10.7. The number of benzene rings is 7. The van der Waals surface area contributed by atoms with Gasteiger partial charge in [0.05, 0.1) is 32.3 Å². The Labute approximate surface area is 281 Å². The number of para-hydroxylation sites is 1. The second-order valence-corrected chi connectivity index (χ2v) is 14.4. The van der Waals surface area contributed by atoms with Crippen molar-refractivity contribution in [3.05, 3.63) is 133 Å². The van der Waals surface area contributed by atoms with E-state index >= 15 is 0 Å². The van der Waals surface area contributed by atoms with Gasteiger partial charge in [0.25, 0.3) is 0 Å². The summed E-state index contributed by atoms with van der Waals surface area (Å²) in [5.74, 6) is 0.758. The molecule has 0 aliphatic rings. The summed E-state index contributed by atoms with van der Waals surface area (Å²) in [7, 11) is 0. The molecule has 4 heterocycles. The Morgan fingerprint density at radius 2 is 1.10 bits per heavy atom. The zero-order valence-corrected chi connectivity index (χ0v) is 26.9. The Morgan fingerprint density at radius 3 is 1.94 bits per heavy atom. The number of hydrogen-bond donors (Lipinski definition) is 1. The van der Waals surface area contributed by atoms with E-state index in [4.69, 9.17) is 9.97 Å². The molecule has 0 fully saturated rings. The Hall–Kier alpha value is -5.82. The summed E-state index contributed by atoms with van der Waals surface area (Å²) in [6.07, 6.45) is 0. The van der Waals surface area contributed by atoms with Crippen LogP contribution in [0.25, 0.3) is 101 Å². The van der Waals surface area contributed by atoms with Gasteiger partial charge in [-0.3, -0.25) is 4.57 Å². The van der Waals surface area contributed by atoms with Crippen molar-refractivity contribution in [2.45, 2.75) is 0 Å². The minimum atomic E-state index is 0.173. The van der Waals surface area contributed by atoms with Crippen molar-refractivity contribution in [2.75, 3.05) is 0 Å². The second-order valence-electron chi connectivity index (χ2n) is 12.2. The highest BCUT2D eigenvalue weighted by molar-refractivity contribution is 7.27. The van der Waals surface area contributed by atoms with Gasteiger partial charge in [-0.15, -0.1) is 22.7 Å². The van der Waals surface area contributed by atoms with Gasteiger partial charge in [-0.05, 0) is 41.1 Å². The minimum Gasteiger partial charge on any atom is -0.507 e. The molecule has 7 aromatic carbocycles. The number of fused-ring (bicyclic) bond motifs is 14. The van der Waals surface area contributed by atoms with Crippen molar-refractivity contribution in [3.8, 4) is 23.0 Å². The lowest BCUT2D eigenvalue weighted by Crippen LogP contribution is -2.03. The molecule has 0 radical (unpaired) electrons. The number of nitrogens with zero attached hydrogens (tertiary/aromatic N) is 3. The van der Waals surface area contributed by atoms with Gasteiger partial charge in [0, 0.05) is 52.0 Å². The van der Waals surface area contributed by atoms with Gasteiger partial charge in [0.2, 0.25) is 5.95 Å². The predicted molar refractivity (Wildman–Crippen MR) is 204 cm³/mol. The van der Waals surface area contributed by atoms with Crippen molar-refractivity contribution in [3.63, 3.8) is 0 Å². The van der Waals surface area contributed by atoms with Gasteiger partial charge in [-0.25, -0.2) is 9.97 Å². The van der Waals surface area contributed by atoms with Crippen molar-refractivity contribution < 1.29 is 5.11 Å². The van der Waals surface area contributed by atoms with Crippen molar-refractivity contribution >= 4 is 106 Å². The fourth-order valence-electron chi connectivity index (χ4n) is 7.72. The highest BCUT2D eigenvalue weighted by Gasteiger charge is 2.24.